The Morgan fingerprint density at radius 3 is 2.48 bits per heavy atom. The molecule has 1 heterocycles. The molecule has 6 nitrogen and oxygen atoms in total. The van der Waals surface area contributed by atoms with Gasteiger partial charge in [-0.05, 0) is 11.6 Å². The molecule has 0 spiro atoms. The highest BCUT2D eigenvalue weighted by molar-refractivity contribution is 6.03. The number of amides is 1. The zero-order valence-electron chi connectivity index (χ0n) is 12.5. The van der Waals surface area contributed by atoms with Gasteiger partial charge in [-0.1, -0.05) is 42.5 Å². The Morgan fingerprint density at radius 2 is 1.83 bits per heavy atom. The molecular weight excluding hydrogens is 294 g/mol. The number of hydrogen-bond acceptors (Lipinski definition) is 4. The highest BCUT2D eigenvalue weighted by Gasteiger charge is 2.35. The van der Waals surface area contributed by atoms with Crippen LogP contribution in [0, 0.1) is 10.1 Å². The normalized spacial score (nSPS) is 17.0. The van der Waals surface area contributed by atoms with Gasteiger partial charge in [0.1, 0.15) is 0 Å². The third-order valence-corrected chi connectivity index (χ3v) is 3.83. The van der Waals surface area contributed by atoms with Crippen molar-refractivity contribution in [3.63, 3.8) is 0 Å². The van der Waals surface area contributed by atoms with Crippen LogP contribution in [0.4, 0.5) is 5.69 Å². The van der Waals surface area contributed by atoms with Crippen LogP contribution in [0.3, 0.4) is 0 Å². The van der Waals surface area contributed by atoms with Crippen molar-refractivity contribution >= 4 is 17.3 Å². The van der Waals surface area contributed by atoms with Crippen LogP contribution in [-0.2, 0) is 4.79 Å². The average Bonchev–Trinajstić information content (AvgIpc) is 3.01. The average molecular weight is 309 g/mol. The van der Waals surface area contributed by atoms with Crippen molar-refractivity contribution in [2.45, 2.75) is 19.4 Å². The Balaban J connectivity index is 2.01. The van der Waals surface area contributed by atoms with Gasteiger partial charge in [0.05, 0.1) is 22.2 Å². The van der Waals surface area contributed by atoms with Gasteiger partial charge in [0.2, 0.25) is 5.91 Å². The minimum absolute atomic E-state index is 0.00765. The maximum absolute atomic E-state index is 11.9. The lowest BCUT2D eigenvalue weighted by Crippen LogP contribution is -2.24. The van der Waals surface area contributed by atoms with Crippen LogP contribution in [-0.4, -0.2) is 21.6 Å². The summed E-state index contributed by atoms with van der Waals surface area (Å²) in [5.41, 5.74) is 2.18. The molecular formula is C17H15N3O3. The van der Waals surface area contributed by atoms with E-state index in [9.17, 15) is 14.9 Å². The summed E-state index contributed by atoms with van der Waals surface area (Å²) in [6.07, 6.45) is 0.453. The number of nitro benzene ring substituents is 1. The van der Waals surface area contributed by atoms with Crippen molar-refractivity contribution in [3.8, 4) is 0 Å². The van der Waals surface area contributed by atoms with Gasteiger partial charge in [-0.2, -0.15) is 5.10 Å². The molecule has 1 aliphatic rings. The molecule has 0 aliphatic carbocycles. The zero-order valence-corrected chi connectivity index (χ0v) is 12.5. The van der Waals surface area contributed by atoms with E-state index in [-0.39, 0.29) is 11.6 Å². The van der Waals surface area contributed by atoms with Crippen molar-refractivity contribution in [1.82, 2.24) is 5.01 Å². The first-order valence-corrected chi connectivity index (χ1v) is 7.24. The first-order chi connectivity index (χ1) is 11.1. The predicted octanol–water partition coefficient (Wildman–Crippen LogP) is 3.29. The van der Waals surface area contributed by atoms with Crippen LogP contribution < -0.4 is 0 Å². The van der Waals surface area contributed by atoms with Crippen LogP contribution in [0.15, 0.2) is 59.7 Å². The second kappa shape index (κ2) is 6.00. The Labute approximate surface area is 133 Å². The van der Waals surface area contributed by atoms with E-state index in [4.69, 9.17) is 0 Å². The molecule has 0 N–H and O–H groups in total. The van der Waals surface area contributed by atoms with Gasteiger partial charge in [-0.25, -0.2) is 5.01 Å². The predicted molar refractivity (Wildman–Crippen MR) is 86.0 cm³/mol. The van der Waals surface area contributed by atoms with Crippen LogP contribution in [0.2, 0.25) is 0 Å². The fourth-order valence-corrected chi connectivity index (χ4v) is 2.78. The Kier molecular flexibility index (Phi) is 3.89. The maximum Gasteiger partial charge on any atom is 0.274 e. The van der Waals surface area contributed by atoms with E-state index >= 15 is 0 Å². The number of carbonyl (C=O) groups is 1. The lowest BCUT2D eigenvalue weighted by molar-refractivity contribution is -0.385. The van der Waals surface area contributed by atoms with Crippen molar-refractivity contribution in [1.29, 1.82) is 0 Å². The molecule has 6 heteroatoms. The Hall–Kier alpha value is -3.02. The fraction of sp³-hybridized carbons (Fsp3) is 0.176. The van der Waals surface area contributed by atoms with E-state index in [0.717, 1.165) is 11.3 Å². The van der Waals surface area contributed by atoms with Crippen molar-refractivity contribution in [2.24, 2.45) is 5.10 Å². The SMILES string of the molecule is CC(=O)N1N=C(c2ccccc2)C[C@@H]1c1ccccc1[N+](=O)[O-]. The number of rotatable bonds is 3. The van der Waals surface area contributed by atoms with E-state index in [1.54, 1.807) is 18.2 Å². The van der Waals surface area contributed by atoms with Gasteiger partial charge in [0, 0.05) is 19.4 Å². The van der Waals surface area contributed by atoms with Gasteiger partial charge >= 0.3 is 0 Å². The summed E-state index contributed by atoms with van der Waals surface area (Å²) in [7, 11) is 0. The summed E-state index contributed by atoms with van der Waals surface area (Å²) in [6, 6.07) is 15.6. The van der Waals surface area contributed by atoms with E-state index in [1.807, 2.05) is 30.3 Å². The van der Waals surface area contributed by atoms with Gasteiger partial charge < -0.3 is 0 Å². The molecule has 3 rings (SSSR count). The number of para-hydroxylation sites is 1. The van der Waals surface area contributed by atoms with Crippen LogP contribution in [0.1, 0.15) is 30.5 Å². The summed E-state index contributed by atoms with van der Waals surface area (Å²) in [5, 5.41) is 17.0. The zero-order chi connectivity index (χ0) is 16.4. The minimum Gasteiger partial charge on any atom is -0.273 e. The van der Waals surface area contributed by atoms with Gasteiger partial charge in [-0.3, -0.25) is 14.9 Å². The monoisotopic (exact) mass is 309 g/mol. The van der Waals surface area contributed by atoms with Gasteiger partial charge in [0.15, 0.2) is 0 Å². The molecule has 1 atom stereocenters. The van der Waals surface area contributed by atoms with Crippen LogP contribution in [0.5, 0.6) is 0 Å². The number of hydrazone groups is 1. The second-order valence-corrected chi connectivity index (χ2v) is 5.31. The third-order valence-electron chi connectivity index (χ3n) is 3.83. The summed E-state index contributed by atoms with van der Waals surface area (Å²) in [6.45, 7) is 1.42. The Morgan fingerprint density at radius 1 is 1.17 bits per heavy atom. The number of hydrogen-bond donors (Lipinski definition) is 0. The molecule has 0 fully saturated rings. The van der Waals surface area contributed by atoms with Gasteiger partial charge in [0.25, 0.3) is 5.69 Å². The smallest absolute Gasteiger partial charge is 0.273 e. The molecule has 0 unspecified atom stereocenters. The summed E-state index contributed by atoms with van der Waals surface area (Å²) in [4.78, 5) is 22.8. The molecule has 0 saturated carbocycles. The molecule has 23 heavy (non-hydrogen) atoms. The topological polar surface area (TPSA) is 75.8 Å². The molecule has 2 aromatic carbocycles. The first kappa shape index (κ1) is 14.9. The Bertz CT molecular complexity index is 787. The number of nitrogens with zero attached hydrogens (tertiary/aromatic N) is 3. The van der Waals surface area contributed by atoms with Crippen LogP contribution in [0.25, 0.3) is 0 Å². The lowest BCUT2D eigenvalue weighted by atomic mass is 9.97. The standard InChI is InChI=1S/C17H15N3O3/c1-12(21)19-17(14-9-5-6-10-16(14)20(22)23)11-15(18-19)13-7-3-2-4-8-13/h2-10,17H,11H2,1H3/t17-/m1/s1. The molecule has 0 aromatic heterocycles. The maximum atomic E-state index is 11.9. The molecule has 1 amide bonds. The van der Waals surface area contributed by atoms with E-state index in [2.05, 4.69) is 5.10 Å². The van der Waals surface area contributed by atoms with Gasteiger partial charge in [-0.15, -0.1) is 0 Å². The minimum atomic E-state index is -0.454. The number of benzene rings is 2. The molecule has 1 aliphatic heterocycles. The molecule has 0 bridgehead atoms. The fourth-order valence-electron chi connectivity index (χ4n) is 2.78. The highest BCUT2D eigenvalue weighted by atomic mass is 16.6. The quantitative estimate of drug-likeness (QED) is 0.645. The van der Waals surface area contributed by atoms with E-state index < -0.39 is 11.0 Å². The van der Waals surface area contributed by atoms with Crippen molar-refractivity contribution in [2.75, 3.05) is 0 Å². The largest absolute Gasteiger partial charge is 0.274 e. The van der Waals surface area contributed by atoms with E-state index in [0.29, 0.717) is 12.0 Å². The molecule has 116 valence electrons. The van der Waals surface area contributed by atoms with Crippen LogP contribution >= 0.6 is 0 Å². The van der Waals surface area contributed by atoms with E-state index in [1.165, 1.54) is 18.0 Å². The molecule has 0 radical (unpaired) electrons. The highest BCUT2D eigenvalue weighted by Crippen LogP contribution is 2.37. The second-order valence-electron chi connectivity index (χ2n) is 5.31. The molecule has 0 saturated heterocycles. The first-order valence-electron chi connectivity index (χ1n) is 7.24. The number of nitro groups is 1. The van der Waals surface area contributed by atoms with Crippen molar-refractivity contribution < 1.29 is 9.72 Å². The molecule has 2 aromatic rings. The lowest BCUT2D eigenvalue weighted by Gasteiger charge is -2.20. The summed E-state index contributed by atoms with van der Waals surface area (Å²) in [5.74, 6) is -0.237. The number of carbonyl (C=O) groups excluding carboxylic acids is 1. The van der Waals surface area contributed by atoms with Crippen molar-refractivity contribution in [3.05, 3.63) is 75.8 Å². The summed E-state index contributed by atoms with van der Waals surface area (Å²) < 4.78 is 0. The third kappa shape index (κ3) is 2.83. The summed E-state index contributed by atoms with van der Waals surface area (Å²) >= 11 is 0.